The van der Waals surface area contributed by atoms with Crippen LogP contribution in [0.3, 0.4) is 0 Å². The quantitative estimate of drug-likeness (QED) is 0.398. The Kier molecular flexibility index (Phi) is 7.31. The predicted octanol–water partition coefficient (Wildman–Crippen LogP) is 4.40. The van der Waals surface area contributed by atoms with E-state index >= 15 is 0 Å². The summed E-state index contributed by atoms with van der Waals surface area (Å²) in [5, 5.41) is 7.22. The standard InChI is InChI=1S/C21H18FN3O3S2/c1-13(26)14-2-6-16(7-3-14)23-19(27)10-18-11-29-21(25-18)30-12-20(28)24-17-8-4-15(22)5-9-17/h2-9,11H,10,12H2,1H3,(H,23,27)(H,24,28). The lowest BCUT2D eigenvalue weighted by Crippen LogP contribution is -2.15. The van der Waals surface area contributed by atoms with Gasteiger partial charge >= 0.3 is 0 Å². The number of carbonyl (C=O) groups is 3. The predicted molar refractivity (Wildman–Crippen MR) is 117 cm³/mol. The van der Waals surface area contributed by atoms with Crippen LogP contribution in [0, 0.1) is 5.82 Å². The molecule has 0 fully saturated rings. The number of thioether (sulfide) groups is 1. The maximum absolute atomic E-state index is 12.9. The van der Waals surface area contributed by atoms with Gasteiger partial charge in [0.2, 0.25) is 11.8 Å². The lowest BCUT2D eigenvalue weighted by molar-refractivity contribution is -0.116. The highest BCUT2D eigenvalue weighted by Crippen LogP contribution is 2.23. The normalized spacial score (nSPS) is 10.5. The van der Waals surface area contributed by atoms with Crippen LogP contribution < -0.4 is 10.6 Å². The molecule has 6 nitrogen and oxygen atoms in total. The second-order valence-corrected chi connectivity index (χ2v) is 8.39. The van der Waals surface area contributed by atoms with Gasteiger partial charge in [-0.05, 0) is 55.5 Å². The van der Waals surface area contributed by atoms with E-state index in [4.69, 9.17) is 0 Å². The smallest absolute Gasteiger partial charge is 0.234 e. The van der Waals surface area contributed by atoms with Gasteiger partial charge in [-0.3, -0.25) is 14.4 Å². The van der Waals surface area contributed by atoms with E-state index in [2.05, 4.69) is 15.6 Å². The van der Waals surface area contributed by atoms with Gasteiger partial charge in [0.1, 0.15) is 5.82 Å². The molecule has 0 aliphatic rings. The van der Waals surface area contributed by atoms with Crippen LogP contribution in [-0.2, 0) is 16.0 Å². The van der Waals surface area contributed by atoms with E-state index in [9.17, 15) is 18.8 Å². The molecule has 0 radical (unpaired) electrons. The molecule has 0 spiro atoms. The van der Waals surface area contributed by atoms with Crippen molar-refractivity contribution in [3.8, 4) is 0 Å². The van der Waals surface area contributed by atoms with Crippen LogP contribution in [-0.4, -0.2) is 28.3 Å². The Morgan fingerprint density at radius 3 is 2.20 bits per heavy atom. The van der Waals surface area contributed by atoms with Crippen molar-refractivity contribution < 1.29 is 18.8 Å². The molecule has 0 saturated heterocycles. The van der Waals surface area contributed by atoms with Crippen LogP contribution >= 0.6 is 23.1 Å². The number of aromatic nitrogens is 1. The maximum atomic E-state index is 12.9. The Hall–Kier alpha value is -3.04. The van der Waals surface area contributed by atoms with Gasteiger partial charge in [-0.2, -0.15) is 0 Å². The summed E-state index contributed by atoms with van der Waals surface area (Å²) in [6.45, 7) is 1.48. The van der Waals surface area contributed by atoms with Crippen molar-refractivity contribution in [3.63, 3.8) is 0 Å². The van der Waals surface area contributed by atoms with Crippen LogP contribution in [0.1, 0.15) is 23.0 Å². The lowest BCUT2D eigenvalue weighted by Gasteiger charge is -2.05. The Morgan fingerprint density at radius 2 is 1.57 bits per heavy atom. The molecule has 3 rings (SSSR count). The summed E-state index contributed by atoms with van der Waals surface area (Å²) in [7, 11) is 0. The van der Waals surface area contributed by atoms with E-state index in [0.29, 0.717) is 27.0 Å². The minimum absolute atomic E-state index is 0.0354. The zero-order valence-electron chi connectivity index (χ0n) is 16.0. The maximum Gasteiger partial charge on any atom is 0.234 e. The number of thiazole rings is 1. The molecule has 154 valence electrons. The summed E-state index contributed by atoms with van der Waals surface area (Å²) in [5.41, 5.74) is 2.32. The van der Waals surface area contributed by atoms with Crippen molar-refractivity contribution >= 4 is 52.1 Å². The van der Waals surface area contributed by atoms with Crippen molar-refractivity contribution in [2.75, 3.05) is 16.4 Å². The number of carbonyl (C=O) groups excluding carboxylic acids is 3. The van der Waals surface area contributed by atoms with Crippen LogP contribution in [0.25, 0.3) is 0 Å². The van der Waals surface area contributed by atoms with Crippen LogP contribution in [0.4, 0.5) is 15.8 Å². The minimum atomic E-state index is -0.366. The Morgan fingerprint density at radius 1 is 0.967 bits per heavy atom. The number of hydrogen-bond acceptors (Lipinski definition) is 6. The van der Waals surface area contributed by atoms with Crippen molar-refractivity contribution in [1.82, 2.24) is 4.98 Å². The van der Waals surface area contributed by atoms with E-state index in [1.807, 2.05) is 0 Å². The van der Waals surface area contributed by atoms with Gasteiger partial charge in [0, 0.05) is 22.3 Å². The lowest BCUT2D eigenvalue weighted by atomic mass is 10.1. The molecule has 0 unspecified atom stereocenters. The molecule has 0 aliphatic heterocycles. The number of nitrogens with one attached hydrogen (secondary N) is 2. The van der Waals surface area contributed by atoms with Crippen molar-refractivity contribution in [3.05, 3.63) is 71.0 Å². The summed E-state index contributed by atoms with van der Waals surface area (Å²) >= 11 is 2.62. The highest BCUT2D eigenvalue weighted by molar-refractivity contribution is 8.01. The molecular formula is C21H18FN3O3S2. The molecule has 2 N–H and O–H groups in total. The SMILES string of the molecule is CC(=O)c1ccc(NC(=O)Cc2csc(SCC(=O)Nc3ccc(F)cc3)n2)cc1. The zero-order valence-corrected chi connectivity index (χ0v) is 17.6. The van der Waals surface area contributed by atoms with Gasteiger partial charge in [0.15, 0.2) is 10.1 Å². The van der Waals surface area contributed by atoms with E-state index in [1.54, 1.807) is 29.6 Å². The number of rotatable bonds is 8. The fraction of sp³-hybridized carbons (Fsp3) is 0.143. The third kappa shape index (κ3) is 6.50. The molecule has 30 heavy (non-hydrogen) atoms. The van der Waals surface area contributed by atoms with Gasteiger partial charge in [0.05, 0.1) is 17.9 Å². The van der Waals surface area contributed by atoms with E-state index < -0.39 is 0 Å². The third-order valence-corrected chi connectivity index (χ3v) is 5.97. The first kappa shape index (κ1) is 21.7. The average Bonchev–Trinajstić information content (AvgIpc) is 3.15. The fourth-order valence-electron chi connectivity index (χ4n) is 2.45. The second-order valence-electron chi connectivity index (χ2n) is 6.31. The molecule has 9 heteroatoms. The van der Waals surface area contributed by atoms with Crippen LogP contribution in [0.5, 0.6) is 0 Å². The number of ketones is 1. The monoisotopic (exact) mass is 443 g/mol. The fourth-order valence-corrected chi connectivity index (χ4v) is 4.10. The third-order valence-electron chi connectivity index (χ3n) is 3.90. The summed E-state index contributed by atoms with van der Waals surface area (Å²) < 4.78 is 13.6. The number of amides is 2. The molecule has 0 saturated carbocycles. The average molecular weight is 444 g/mol. The molecule has 0 atom stereocenters. The van der Waals surface area contributed by atoms with Crippen molar-refractivity contribution in [2.45, 2.75) is 17.7 Å². The summed E-state index contributed by atoms with van der Waals surface area (Å²) in [5.74, 6) is -0.697. The van der Waals surface area contributed by atoms with Gasteiger partial charge in [0.25, 0.3) is 0 Å². The Balaban J connectivity index is 1.46. The van der Waals surface area contributed by atoms with Crippen LogP contribution in [0.15, 0.2) is 58.3 Å². The Labute approximate surface area is 180 Å². The van der Waals surface area contributed by atoms with E-state index in [-0.39, 0.29) is 35.6 Å². The molecule has 3 aromatic rings. The molecule has 1 aromatic heterocycles. The first-order valence-corrected chi connectivity index (χ1v) is 10.8. The number of halogens is 1. The van der Waals surface area contributed by atoms with Crippen molar-refractivity contribution in [1.29, 1.82) is 0 Å². The molecule has 0 bridgehead atoms. The molecule has 2 aromatic carbocycles. The number of hydrogen-bond donors (Lipinski definition) is 2. The number of nitrogens with zero attached hydrogens (tertiary/aromatic N) is 1. The number of benzene rings is 2. The summed E-state index contributed by atoms with van der Waals surface area (Å²) in [6.07, 6.45) is 0.104. The highest BCUT2D eigenvalue weighted by atomic mass is 32.2. The summed E-state index contributed by atoms with van der Waals surface area (Å²) in [6, 6.07) is 12.2. The van der Waals surface area contributed by atoms with Crippen LogP contribution in [0.2, 0.25) is 0 Å². The van der Waals surface area contributed by atoms with Gasteiger partial charge in [-0.1, -0.05) is 11.8 Å². The molecule has 0 aliphatic carbocycles. The van der Waals surface area contributed by atoms with E-state index in [1.165, 1.54) is 54.3 Å². The molecule has 1 heterocycles. The van der Waals surface area contributed by atoms with E-state index in [0.717, 1.165) is 0 Å². The first-order chi connectivity index (χ1) is 14.4. The number of anilines is 2. The minimum Gasteiger partial charge on any atom is -0.326 e. The highest BCUT2D eigenvalue weighted by Gasteiger charge is 2.11. The summed E-state index contributed by atoms with van der Waals surface area (Å²) in [4.78, 5) is 39.8. The first-order valence-electron chi connectivity index (χ1n) is 8.92. The number of Topliss-reactive ketones (excluding diaryl/α,β-unsaturated/α-hetero) is 1. The Bertz CT molecular complexity index is 1050. The topological polar surface area (TPSA) is 88.2 Å². The van der Waals surface area contributed by atoms with Crippen molar-refractivity contribution in [2.24, 2.45) is 0 Å². The van der Waals surface area contributed by atoms with Gasteiger partial charge in [-0.15, -0.1) is 11.3 Å². The second kappa shape index (κ2) is 10.1. The van der Waals surface area contributed by atoms with Gasteiger partial charge in [-0.25, -0.2) is 9.37 Å². The molecule has 2 amide bonds. The molecular weight excluding hydrogens is 425 g/mol. The largest absolute Gasteiger partial charge is 0.326 e. The zero-order chi connectivity index (χ0) is 21.5. The van der Waals surface area contributed by atoms with Gasteiger partial charge < -0.3 is 10.6 Å².